The molecule has 1 aromatic heterocycles. The number of aromatic nitrogens is 1. The lowest BCUT2D eigenvalue weighted by Gasteiger charge is -2.32. The summed E-state index contributed by atoms with van der Waals surface area (Å²) in [5, 5.41) is 2.65. The van der Waals surface area contributed by atoms with E-state index in [1.54, 1.807) is 24.4 Å². The second-order valence-corrected chi connectivity index (χ2v) is 8.11. The van der Waals surface area contributed by atoms with Gasteiger partial charge in [0.1, 0.15) is 5.82 Å². The van der Waals surface area contributed by atoms with Gasteiger partial charge in [0.15, 0.2) is 0 Å². The van der Waals surface area contributed by atoms with Crippen molar-refractivity contribution in [3.63, 3.8) is 0 Å². The summed E-state index contributed by atoms with van der Waals surface area (Å²) in [7, 11) is 0. The highest BCUT2D eigenvalue weighted by Crippen LogP contribution is 2.20. The average molecular weight is 429 g/mol. The molecule has 0 aliphatic carbocycles. The van der Waals surface area contributed by atoms with Crippen LogP contribution in [0, 0.1) is 5.82 Å². The molecule has 0 unspecified atom stereocenters. The molecular formula is C22H28FN5O3. The number of likely N-dealkylation sites (tertiary alicyclic amines) is 1. The molecule has 2 aromatic rings. The first kappa shape index (κ1) is 21.6. The molecule has 166 valence electrons. The molecular weight excluding hydrogens is 401 g/mol. The maximum atomic E-state index is 14.6. The standard InChI is InChI=1S/C22H28FN5O3/c23-19-12-17(28-6-2-1-3-22(28)30)4-5-20(19)25-21(29)15-27-13-16(24)11-18(27)14-26-7-9-31-10-8-26/h1-6,12,16,18H,7-11,13-15,24H2,(H,25,29)/t16-,18+/m1/s1. The maximum absolute atomic E-state index is 14.6. The Morgan fingerprint density at radius 1 is 1.23 bits per heavy atom. The molecule has 2 saturated heterocycles. The van der Waals surface area contributed by atoms with Crippen molar-refractivity contribution in [1.82, 2.24) is 14.4 Å². The summed E-state index contributed by atoms with van der Waals surface area (Å²) in [6.45, 7) is 4.86. The van der Waals surface area contributed by atoms with Gasteiger partial charge in [-0.25, -0.2) is 4.39 Å². The van der Waals surface area contributed by atoms with E-state index >= 15 is 0 Å². The number of benzene rings is 1. The Bertz CT molecular complexity index is 976. The Balaban J connectivity index is 1.38. The number of rotatable bonds is 6. The van der Waals surface area contributed by atoms with Gasteiger partial charge in [-0.1, -0.05) is 6.07 Å². The van der Waals surface area contributed by atoms with Crippen LogP contribution in [0.25, 0.3) is 5.69 Å². The van der Waals surface area contributed by atoms with Gasteiger partial charge in [0, 0.05) is 56.6 Å². The predicted molar refractivity (Wildman–Crippen MR) is 116 cm³/mol. The summed E-state index contributed by atoms with van der Waals surface area (Å²) in [6.07, 6.45) is 2.40. The summed E-state index contributed by atoms with van der Waals surface area (Å²) in [5.41, 5.74) is 6.39. The number of nitrogens with one attached hydrogen (secondary N) is 1. The van der Waals surface area contributed by atoms with Crippen molar-refractivity contribution < 1.29 is 13.9 Å². The molecule has 0 spiro atoms. The molecule has 2 aliphatic heterocycles. The minimum atomic E-state index is -0.593. The fraction of sp³-hybridized carbons (Fsp3) is 0.455. The molecule has 2 fully saturated rings. The van der Waals surface area contributed by atoms with Crippen LogP contribution in [0.1, 0.15) is 6.42 Å². The van der Waals surface area contributed by atoms with Crippen molar-refractivity contribution in [3.05, 3.63) is 58.8 Å². The third-order valence-corrected chi connectivity index (χ3v) is 5.81. The van der Waals surface area contributed by atoms with Crippen LogP contribution in [-0.2, 0) is 9.53 Å². The second-order valence-electron chi connectivity index (χ2n) is 8.11. The van der Waals surface area contributed by atoms with Crippen LogP contribution in [0.15, 0.2) is 47.4 Å². The molecule has 9 heteroatoms. The van der Waals surface area contributed by atoms with Crippen LogP contribution in [0.4, 0.5) is 10.1 Å². The number of carbonyl (C=O) groups is 1. The number of amides is 1. The predicted octanol–water partition coefficient (Wildman–Crippen LogP) is 0.649. The van der Waals surface area contributed by atoms with Crippen LogP contribution in [0.2, 0.25) is 0 Å². The number of nitrogens with two attached hydrogens (primary N) is 1. The molecule has 1 aromatic carbocycles. The highest BCUT2D eigenvalue weighted by molar-refractivity contribution is 5.92. The van der Waals surface area contributed by atoms with Gasteiger partial charge >= 0.3 is 0 Å². The summed E-state index contributed by atoms with van der Waals surface area (Å²) in [6, 6.07) is 9.26. The number of ether oxygens (including phenoxy) is 1. The quantitative estimate of drug-likeness (QED) is 0.701. The van der Waals surface area contributed by atoms with Crippen molar-refractivity contribution in [2.75, 3.05) is 51.3 Å². The molecule has 0 bridgehead atoms. The van der Waals surface area contributed by atoms with Gasteiger partial charge in [0.05, 0.1) is 31.1 Å². The highest BCUT2D eigenvalue weighted by atomic mass is 19.1. The first-order valence-electron chi connectivity index (χ1n) is 10.6. The van der Waals surface area contributed by atoms with E-state index in [2.05, 4.69) is 15.1 Å². The van der Waals surface area contributed by atoms with Crippen molar-refractivity contribution in [2.24, 2.45) is 5.73 Å². The maximum Gasteiger partial charge on any atom is 0.255 e. The molecule has 2 aliphatic rings. The Labute approximate surface area is 180 Å². The van der Waals surface area contributed by atoms with Crippen molar-refractivity contribution in [3.8, 4) is 5.69 Å². The molecule has 8 nitrogen and oxygen atoms in total. The van der Waals surface area contributed by atoms with Gasteiger partial charge in [0.2, 0.25) is 5.91 Å². The summed E-state index contributed by atoms with van der Waals surface area (Å²) in [4.78, 5) is 29.0. The summed E-state index contributed by atoms with van der Waals surface area (Å²) in [5.74, 6) is -0.880. The third kappa shape index (κ3) is 5.37. The zero-order valence-electron chi connectivity index (χ0n) is 17.4. The van der Waals surface area contributed by atoms with Crippen molar-refractivity contribution >= 4 is 11.6 Å². The van der Waals surface area contributed by atoms with Gasteiger partial charge in [-0.15, -0.1) is 0 Å². The zero-order chi connectivity index (χ0) is 21.8. The van der Waals surface area contributed by atoms with Gasteiger partial charge in [0.25, 0.3) is 5.56 Å². The van der Waals surface area contributed by atoms with E-state index in [1.165, 1.54) is 22.8 Å². The van der Waals surface area contributed by atoms with Crippen LogP contribution in [0.3, 0.4) is 0 Å². The Morgan fingerprint density at radius 3 is 2.77 bits per heavy atom. The number of halogens is 1. The smallest absolute Gasteiger partial charge is 0.255 e. The van der Waals surface area contributed by atoms with Gasteiger partial charge < -0.3 is 15.8 Å². The van der Waals surface area contributed by atoms with Gasteiger partial charge in [-0.05, 0) is 24.6 Å². The van der Waals surface area contributed by atoms with Gasteiger partial charge in [-0.3, -0.25) is 24.0 Å². The van der Waals surface area contributed by atoms with E-state index in [0.717, 1.165) is 39.3 Å². The number of carbonyl (C=O) groups excluding carboxylic acids is 1. The van der Waals surface area contributed by atoms with E-state index in [0.29, 0.717) is 12.2 Å². The number of pyridine rings is 1. The number of hydrogen-bond acceptors (Lipinski definition) is 6. The zero-order valence-corrected chi connectivity index (χ0v) is 17.4. The lowest BCUT2D eigenvalue weighted by atomic mass is 10.1. The molecule has 4 rings (SSSR count). The first-order valence-corrected chi connectivity index (χ1v) is 10.6. The Morgan fingerprint density at radius 2 is 2.03 bits per heavy atom. The minimum absolute atomic E-state index is 0.0269. The van der Waals surface area contributed by atoms with Crippen LogP contribution in [0.5, 0.6) is 0 Å². The molecule has 1 amide bonds. The monoisotopic (exact) mass is 429 g/mol. The fourth-order valence-corrected chi connectivity index (χ4v) is 4.26. The lowest BCUT2D eigenvalue weighted by molar-refractivity contribution is -0.117. The summed E-state index contributed by atoms with van der Waals surface area (Å²) < 4.78 is 21.3. The highest BCUT2D eigenvalue weighted by Gasteiger charge is 2.32. The number of anilines is 1. The van der Waals surface area contributed by atoms with Crippen molar-refractivity contribution in [1.29, 1.82) is 0 Å². The molecule has 3 heterocycles. The molecule has 2 atom stereocenters. The lowest BCUT2D eigenvalue weighted by Crippen LogP contribution is -2.46. The van der Waals surface area contributed by atoms with Crippen LogP contribution >= 0.6 is 0 Å². The second kappa shape index (κ2) is 9.69. The van der Waals surface area contributed by atoms with Crippen molar-refractivity contribution in [2.45, 2.75) is 18.5 Å². The van der Waals surface area contributed by atoms with E-state index in [1.807, 2.05) is 0 Å². The van der Waals surface area contributed by atoms with E-state index in [9.17, 15) is 14.0 Å². The largest absolute Gasteiger partial charge is 0.379 e. The number of morpholine rings is 1. The topological polar surface area (TPSA) is 92.8 Å². The first-order chi connectivity index (χ1) is 15.0. The SMILES string of the molecule is N[C@@H]1C[C@@H](CN2CCOCC2)N(CC(=O)Nc2ccc(-n3ccccc3=O)cc2F)C1. The Kier molecular flexibility index (Phi) is 6.77. The van der Waals surface area contributed by atoms with Crippen LogP contribution in [-0.4, -0.2) is 78.3 Å². The van der Waals surface area contributed by atoms with E-state index in [4.69, 9.17) is 10.5 Å². The molecule has 0 saturated carbocycles. The summed E-state index contributed by atoms with van der Waals surface area (Å²) >= 11 is 0. The fourth-order valence-electron chi connectivity index (χ4n) is 4.26. The van der Waals surface area contributed by atoms with E-state index < -0.39 is 5.82 Å². The average Bonchev–Trinajstić information content (AvgIpc) is 3.09. The molecule has 0 radical (unpaired) electrons. The van der Waals surface area contributed by atoms with Gasteiger partial charge in [-0.2, -0.15) is 0 Å². The van der Waals surface area contributed by atoms with Crippen LogP contribution < -0.4 is 16.6 Å². The molecule has 31 heavy (non-hydrogen) atoms. The third-order valence-electron chi connectivity index (χ3n) is 5.81. The number of nitrogens with zero attached hydrogens (tertiary/aromatic N) is 3. The normalized spacial score (nSPS) is 22.5. The molecule has 3 N–H and O–H groups in total. The minimum Gasteiger partial charge on any atom is -0.379 e. The number of hydrogen-bond donors (Lipinski definition) is 2. The van der Waals surface area contributed by atoms with E-state index in [-0.39, 0.29) is 35.8 Å². The Hall–Kier alpha value is -2.59.